The van der Waals surface area contributed by atoms with Crippen LogP contribution in [0.3, 0.4) is 0 Å². The SMILES string of the molecule is CCCCCCCc1ccc(-c2ccc([C@H]3OC[C@H](CCCCC)CO3)s2)cn1. The Hall–Kier alpha value is -1.23. The van der Waals surface area contributed by atoms with E-state index < -0.39 is 0 Å². The molecule has 160 valence electrons. The third-order valence-corrected chi connectivity index (χ3v) is 6.84. The largest absolute Gasteiger partial charge is 0.347 e. The van der Waals surface area contributed by atoms with Crippen molar-refractivity contribution in [1.29, 1.82) is 0 Å². The Bertz CT molecular complexity index is 689. The van der Waals surface area contributed by atoms with Crippen molar-refractivity contribution < 1.29 is 9.47 Å². The lowest BCUT2D eigenvalue weighted by Crippen LogP contribution is -2.26. The third kappa shape index (κ3) is 7.20. The van der Waals surface area contributed by atoms with Gasteiger partial charge in [0.25, 0.3) is 0 Å². The molecule has 0 aromatic carbocycles. The molecule has 0 spiro atoms. The molecule has 4 heteroatoms. The normalized spacial score (nSPS) is 19.5. The van der Waals surface area contributed by atoms with Crippen LogP contribution in [0, 0.1) is 5.92 Å². The second-order valence-electron chi connectivity index (χ2n) is 8.26. The molecule has 29 heavy (non-hydrogen) atoms. The van der Waals surface area contributed by atoms with Gasteiger partial charge in [-0.05, 0) is 37.5 Å². The second kappa shape index (κ2) is 12.5. The Labute approximate surface area is 180 Å². The number of hydrogen-bond acceptors (Lipinski definition) is 4. The minimum absolute atomic E-state index is 0.202. The molecule has 2 aromatic rings. The quantitative estimate of drug-likeness (QED) is 0.335. The van der Waals surface area contributed by atoms with Gasteiger partial charge >= 0.3 is 0 Å². The zero-order chi connectivity index (χ0) is 20.3. The van der Waals surface area contributed by atoms with Gasteiger partial charge in [-0.15, -0.1) is 11.3 Å². The second-order valence-corrected chi connectivity index (χ2v) is 9.38. The topological polar surface area (TPSA) is 31.4 Å². The molecule has 0 radical (unpaired) electrons. The number of unbranched alkanes of at least 4 members (excludes halogenated alkanes) is 6. The molecule has 0 unspecified atom stereocenters. The van der Waals surface area contributed by atoms with E-state index >= 15 is 0 Å². The highest BCUT2D eigenvalue weighted by Gasteiger charge is 2.24. The number of aromatic nitrogens is 1. The number of ether oxygens (including phenoxy) is 2. The van der Waals surface area contributed by atoms with Crippen LogP contribution in [0.2, 0.25) is 0 Å². The molecular formula is C25H37NO2S. The van der Waals surface area contributed by atoms with Crippen molar-refractivity contribution in [2.45, 2.75) is 84.3 Å². The first-order valence-electron chi connectivity index (χ1n) is 11.6. The number of pyridine rings is 1. The van der Waals surface area contributed by atoms with Crippen molar-refractivity contribution in [1.82, 2.24) is 4.98 Å². The van der Waals surface area contributed by atoms with Crippen molar-refractivity contribution in [2.24, 2.45) is 5.92 Å². The predicted molar refractivity (Wildman–Crippen MR) is 122 cm³/mol. The average Bonchev–Trinajstić information content (AvgIpc) is 3.25. The maximum atomic E-state index is 6.02. The number of nitrogens with zero attached hydrogens (tertiary/aromatic N) is 1. The van der Waals surface area contributed by atoms with Gasteiger partial charge in [-0.1, -0.05) is 64.9 Å². The Morgan fingerprint density at radius 2 is 1.66 bits per heavy atom. The molecule has 1 aliphatic rings. The highest BCUT2D eigenvalue weighted by molar-refractivity contribution is 7.15. The molecule has 0 atom stereocenters. The molecule has 0 N–H and O–H groups in total. The van der Waals surface area contributed by atoms with E-state index in [0.29, 0.717) is 5.92 Å². The van der Waals surface area contributed by atoms with Crippen LogP contribution in [0.5, 0.6) is 0 Å². The highest BCUT2D eigenvalue weighted by atomic mass is 32.1. The summed E-state index contributed by atoms with van der Waals surface area (Å²) in [7, 11) is 0. The van der Waals surface area contributed by atoms with Gasteiger partial charge in [0.15, 0.2) is 6.29 Å². The molecule has 3 heterocycles. The van der Waals surface area contributed by atoms with E-state index in [0.717, 1.165) is 24.5 Å². The van der Waals surface area contributed by atoms with Crippen LogP contribution in [0.4, 0.5) is 0 Å². The molecule has 0 bridgehead atoms. The lowest BCUT2D eigenvalue weighted by molar-refractivity contribution is -0.204. The summed E-state index contributed by atoms with van der Waals surface area (Å²) in [5, 5.41) is 0. The Morgan fingerprint density at radius 1 is 0.897 bits per heavy atom. The van der Waals surface area contributed by atoms with Crippen LogP contribution >= 0.6 is 11.3 Å². The first-order valence-corrected chi connectivity index (χ1v) is 12.4. The fourth-order valence-electron chi connectivity index (χ4n) is 3.82. The van der Waals surface area contributed by atoms with Gasteiger partial charge in [-0.2, -0.15) is 0 Å². The van der Waals surface area contributed by atoms with Crippen LogP contribution in [0.25, 0.3) is 10.4 Å². The lowest BCUT2D eigenvalue weighted by atomic mass is 10.0. The summed E-state index contributed by atoms with van der Waals surface area (Å²) in [6, 6.07) is 8.70. The standard InChI is InChI=1S/C25H37NO2S/c1-3-5-7-8-10-12-22-14-13-21(17-26-22)23-15-16-24(29-23)25-27-18-20(19-28-25)11-9-6-4-2/h13-17,20,25H,3-12,18-19H2,1-2H3/t20-,25-. The zero-order valence-corrected chi connectivity index (χ0v) is 19.0. The Morgan fingerprint density at radius 3 is 2.38 bits per heavy atom. The summed E-state index contributed by atoms with van der Waals surface area (Å²) in [5.74, 6) is 0.552. The summed E-state index contributed by atoms with van der Waals surface area (Å²) in [5.41, 5.74) is 2.39. The van der Waals surface area contributed by atoms with Crippen LogP contribution in [-0.4, -0.2) is 18.2 Å². The Balaban J connectivity index is 1.46. The Kier molecular flexibility index (Phi) is 9.65. The van der Waals surface area contributed by atoms with E-state index in [1.165, 1.54) is 73.9 Å². The summed E-state index contributed by atoms with van der Waals surface area (Å²) in [4.78, 5) is 7.08. The van der Waals surface area contributed by atoms with E-state index in [4.69, 9.17) is 9.47 Å². The average molecular weight is 416 g/mol. The van der Waals surface area contributed by atoms with E-state index in [-0.39, 0.29) is 6.29 Å². The molecule has 0 saturated carbocycles. The van der Waals surface area contributed by atoms with Crippen LogP contribution < -0.4 is 0 Å². The molecule has 2 aromatic heterocycles. The first kappa shape index (κ1) is 22.5. The van der Waals surface area contributed by atoms with Gasteiger partial charge in [-0.25, -0.2) is 0 Å². The monoisotopic (exact) mass is 415 g/mol. The van der Waals surface area contributed by atoms with E-state index in [2.05, 4.69) is 43.1 Å². The zero-order valence-electron chi connectivity index (χ0n) is 18.2. The number of thiophene rings is 1. The summed E-state index contributed by atoms with van der Waals surface area (Å²) in [6.07, 6.45) is 14.5. The molecule has 0 aliphatic carbocycles. The molecular weight excluding hydrogens is 378 g/mol. The van der Waals surface area contributed by atoms with Crippen LogP contribution in [-0.2, 0) is 15.9 Å². The van der Waals surface area contributed by atoms with E-state index in [1.54, 1.807) is 11.3 Å². The fraction of sp³-hybridized carbons (Fsp3) is 0.640. The van der Waals surface area contributed by atoms with Crippen LogP contribution in [0.1, 0.15) is 88.5 Å². The van der Waals surface area contributed by atoms with Crippen molar-refractivity contribution in [2.75, 3.05) is 13.2 Å². The maximum absolute atomic E-state index is 6.02. The van der Waals surface area contributed by atoms with Crippen molar-refractivity contribution in [3.8, 4) is 10.4 Å². The van der Waals surface area contributed by atoms with Crippen molar-refractivity contribution >= 4 is 11.3 Å². The van der Waals surface area contributed by atoms with Gasteiger partial charge < -0.3 is 9.47 Å². The van der Waals surface area contributed by atoms with Gasteiger partial charge in [0.05, 0.1) is 18.1 Å². The molecule has 3 nitrogen and oxygen atoms in total. The van der Waals surface area contributed by atoms with Crippen LogP contribution in [0.15, 0.2) is 30.5 Å². The molecule has 3 rings (SSSR count). The number of aryl methyl sites for hydroxylation is 1. The summed E-state index contributed by atoms with van der Waals surface area (Å²) < 4.78 is 12.0. The van der Waals surface area contributed by atoms with Gasteiger partial charge in [0.1, 0.15) is 0 Å². The fourth-order valence-corrected chi connectivity index (χ4v) is 4.82. The van der Waals surface area contributed by atoms with E-state index in [1.807, 2.05) is 6.20 Å². The molecule has 1 saturated heterocycles. The lowest BCUT2D eigenvalue weighted by Gasteiger charge is -2.28. The van der Waals surface area contributed by atoms with Crippen molar-refractivity contribution in [3.63, 3.8) is 0 Å². The number of rotatable bonds is 12. The smallest absolute Gasteiger partial charge is 0.193 e. The molecule has 1 fully saturated rings. The highest BCUT2D eigenvalue weighted by Crippen LogP contribution is 2.35. The maximum Gasteiger partial charge on any atom is 0.193 e. The summed E-state index contributed by atoms with van der Waals surface area (Å²) >= 11 is 1.76. The van der Waals surface area contributed by atoms with E-state index in [9.17, 15) is 0 Å². The minimum atomic E-state index is -0.202. The van der Waals surface area contributed by atoms with Gasteiger partial charge in [-0.3, -0.25) is 4.98 Å². The van der Waals surface area contributed by atoms with Gasteiger partial charge in [0, 0.05) is 28.2 Å². The minimum Gasteiger partial charge on any atom is -0.347 e. The molecule has 0 amide bonds. The molecule has 1 aliphatic heterocycles. The third-order valence-electron chi connectivity index (χ3n) is 5.69. The van der Waals surface area contributed by atoms with Crippen molar-refractivity contribution in [3.05, 3.63) is 41.0 Å². The summed E-state index contributed by atoms with van der Waals surface area (Å²) in [6.45, 7) is 6.14. The first-order chi connectivity index (χ1) is 14.3. The predicted octanol–water partition coefficient (Wildman–Crippen LogP) is 7.56. The number of hydrogen-bond donors (Lipinski definition) is 0. The van der Waals surface area contributed by atoms with Gasteiger partial charge in [0.2, 0.25) is 0 Å².